The number of aliphatic carboxylic acids is 1. The van der Waals surface area contributed by atoms with E-state index < -0.39 is 39.6 Å². The van der Waals surface area contributed by atoms with Crippen molar-refractivity contribution in [3.05, 3.63) is 28.7 Å². The number of halogens is 1. The predicted octanol–water partition coefficient (Wildman–Crippen LogP) is 1.50. The van der Waals surface area contributed by atoms with Gasteiger partial charge in [-0.05, 0) is 52.0 Å². The summed E-state index contributed by atoms with van der Waals surface area (Å²) in [6, 6.07) is 3.42. The van der Waals surface area contributed by atoms with Crippen LogP contribution in [0.1, 0.15) is 27.7 Å². The van der Waals surface area contributed by atoms with E-state index in [0.29, 0.717) is 4.47 Å². The first-order valence-corrected chi connectivity index (χ1v) is 10.0. The van der Waals surface area contributed by atoms with Crippen molar-refractivity contribution in [1.29, 1.82) is 0 Å². The highest BCUT2D eigenvalue weighted by atomic mass is 79.9. The average Bonchev–Trinajstić information content (AvgIpc) is 2.50. The monoisotopic (exact) mass is 450 g/mol. The maximum atomic E-state index is 12.5. The Bertz CT molecular complexity index is 743. The lowest BCUT2D eigenvalue weighted by Crippen LogP contribution is -2.53. The SMILES string of the molecule is C[C@H](NC(=O)[C@@H](COC(C)(C)C)NS(=O)(=O)c1ccc(Br)cc1)C(=O)O. The van der Waals surface area contributed by atoms with Gasteiger partial charge in [-0.1, -0.05) is 15.9 Å². The molecule has 2 atom stereocenters. The van der Waals surface area contributed by atoms with Crippen LogP contribution in [-0.2, 0) is 24.3 Å². The number of hydrogen-bond acceptors (Lipinski definition) is 5. The Labute approximate surface area is 161 Å². The second-order valence-electron chi connectivity index (χ2n) is 6.62. The van der Waals surface area contributed by atoms with E-state index in [9.17, 15) is 18.0 Å². The summed E-state index contributed by atoms with van der Waals surface area (Å²) in [6.45, 7) is 6.30. The molecule has 26 heavy (non-hydrogen) atoms. The Morgan fingerprint density at radius 2 is 1.77 bits per heavy atom. The zero-order valence-corrected chi connectivity index (χ0v) is 17.3. The molecule has 1 rings (SSSR count). The fraction of sp³-hybridized carbons (Fsp3) is 0.500. The van der Waals surface area contributed by atoms with Gasteiger partial charge in [0.2, 0.25) is 15.9 Å². The lowest BCUT2D eigenvalue weighted by Gasteiger charge is -2.25. The summed E-state index contributed by atoms with van der Waals surface area (Å²) < 4.78 is 33.5. The molecule has 0 aliphatic carbocycles. The number of sulfonamides is 1. The molecule has 0 aliphatic rings. The van der Waals surface area contributed by atoms with Crippen molar-refractivity contribution < 1.29 is 27.9 Å². The smallest absolute Gasteiger partial charge is 0.325 e. The summed E-state index contributed by atoms with van der Waals surface area (Å²) in [6.07, 6.45) is 0. The second kappa shape index (κ2) is 8.94. The van der Waals surface area contributed by atoms with Crippen molar-refractivity contribution in [3.8, 4) is 0 Å². The van der Waals surface area contributed by atoms with Gasteiger partial charge in [0, 0.05) is 4.47 Å². The minimum Gasteiger partial charge on any atom is -0.480 e. The maximum absolute atomic E-state index is 12.5. The molecule has 3 N–H and O–H groups in total. The first kappa shape index (κ1) is 22.6. The van der Waals surface area contributed by atoms with E-state index >= 15 is 0 Å². The van der Waals surface area contributed by atoms with Gasteiger partial charge in [0.25, 0.3) is 0 Å². The lowest BCUT2D eigenvalue weighted by molar-refractivity contribution is -0.142. The summed E-state index contributed by atoms with van der Waals surface area (Å²) in [5.41, 5.74) is -0.611. The van der Waals surface area contributed by atoms with Gasteiger partial charge in [0.05, 0.1) is 17.1 Å². The molecule has 10 heteroatoms. The summed E-state index contributed by atoms with van der Waals surface area (Å²) in [4.78, 5) is 23.2. The lowest BCUT2D eigenvalue weighted by atomic mass is 10.2. The molecule has 0 aromatic heterocycles. The highest BCUT2D eigenvalue weighted by Gasteiger charge is 2.29. The van der Waals surface area contributed by atoms with Crippen LogP contribution in [0.2, 0.25) is 0 Å². The maximum Gasteiger partial charge on any atom is 0.325 e. The Hall–Kier alpha value is -1.49. The van der Waals surface area contributed by atoms with E-state index in [1.807, 2.05) is 0 Å². The van der Waals surface area contributed by atoms with Crippen LogP contribution in [0.4, 0.5) is 0 Å². The highest BCUT2D eigenvalue weighted by molar-refractivity contribution is 9.10. The van der Waals surface area contributed by atoms with Crippen molar-refractivity contribution in [1.82, 2.24) is 10.0 Å². The zero-order valence-electron chi connectivity index (χ0n) is 14.9. The van der Waals surface area contributed by atoms with Gasteiger partial charge in [-0.2, -0.15) is 4.72 Å². The molecule has 0 heterocycles. The quantitative estimate of drug-likeness (QED) is 0.551. The summed E-state index contributed by atoms with van der Waals surface area (Å²) in [7, 11) is -4.00. The average molecular weight is 451 g/mol. The normalized spacial score (nSPS) is 14.5. The minimum absolute atomic E-state index is 0.0273. The number of hydrogen-bond donors (Lipinski definition) is 3. The third kappa shape index (κ3) is 7.40. The third-order valence-electron chi connectivity index (χ3n) is 3.15. The number of carboxylic acids is 1. The molecule has 0 unspecified atom stereocenters. The van der Waals surface area contributed by atoms with E-state index in [2.05, 4.69) is 26.0 Å². The van der Waals surface area contributed by atoms with Crippen LogP contribution in [0, 0.1) is 0 Å². The summed E-state index contributed by atoms with van der Waals surface area (Å²) in [5.74, 6) is -2.02. The molecule has 1 aromatic carbocycles. The Balaban J connectivity index is 3.01. The zero-order chi connectivity index (χ0) is 20.1. The van der Waals surface area contributed by atoms with E-state index in [-0.39, 0.29) is 11.5 Å². The molecular formula is C16H23BrN2O6S. The first-order chi connectivity index (χ1) is 11.8. The molecule has 0 saturated heterocycles. The van der Waals surface area contributed by atoms with Gasteiger partial charge in [0.15, 0.2) is 0 Å². The van der Waals surface area contributed by atoms with Crippen LogP contribution in [0.25, 0.3) is 0 Å². The van der Waals surface area contributed by atoms with Gasteiger partial charge in [0.1, 0.15) is 12.1 Å². The number of amides is 1. The Morgan fingerprint density at radius 1 is 1.23 bits per heavy atom. The van der Waals surface area contributed by atoms with Crippen molar-refractivity contribution >= 4 is 37.8 Å². The topological polar surface area (TPSA) is 122 Å². The fourth-order valence-electron chi connectivity index (χ4n) is 1.74. The van der Waals surface area contributed by atoms with Crippen molar-refractivity contribution in [2.45, 2.75) is 50.3 Å². The largest absolute Gasteiger partial charge is 0.480 e. The van der Waals surface area contributed by atoms with Crippen LogP contribution in [0.3, 0.4) is 0 Å². The molecule has 1 amide bonds. The van der Waals surface area contributed by atoms with Gasteiger partial charge in [-0.3, -0.25) is 9.59 Å². The standard InChI is InChI=1S/C16H23BrN2O6S/c1-10(15(21)22)18-14(20)13(9-25-16(2,3)4)19-26(23,24)12-7-5-11(17)6-8-12/h5-8,10,13,19H,9H2,1-4H3,(H,18,20)(H,21,22)/t10-,13+/m0/s1. The fourth-order valence-corrected chi connectivity index (χ4v) is 3.19. The Morgan fingerprint density at radius 3 is 2.23 bits per heavy atom. The van der Waals surface area contributed by atoms with Gasteiger partial charge in [-0.25, -0.2) is 8.42 Å². The molecule has 0 bridgehead atoms. The van der Waals surface area contributed by atoms with E-state index in [1.165, 1.54) is 19.1 Å². The number of carbonyl (C=O) groups is 2. The first-order valence-electron chi connectivity index (χ1n) is 7.77. The number of rotatable bonds is 8. The molecule has 0 radical (unpaired) electrons. The third-order valence-corrected chi connectivity index (χ3v) is 5.17. The number of ether oxygens (including phenoxy) is 1. The van der Waals surface area contributed by atoms with E-state index in [0.717, 1.165) is 0 Å². The van der Waals surface area contributed by atoms with Crippen molar-refractivity contribution in [3.63, 3.8) is 0 Å². The minimum atomic E-state index is -4.00. The molecule has 146 valence electrons. The number of nitrogens with one attached hydrogen (secondary N) is 2. The van der Waals surface area contributed by atoms with Crippen molar-refractivity contribution in [2.75, 3.05) is 6.61 Å². The van der Waals surface area contributed by atoms with Crippen LogP contribution in [0.15, 0.2) is 33.6 Å². The number of benzene rings is 1. The molecular weight excluding hydrogens is 428 g/mol. The van der Waals surface area contributed by atoms with Gasteiger partial charge < -0.3 is 15.2 Å². The summed E-state index contributed by atoms with van der Waals surface area (Å²) in [5, 5.41) is 11.2. The van der Waals surface area contributed by atoms with Gasteiger partial charge >= 0.3 is 5.97 Å². The summed E-state index contributed by atoms with van der Waals surface area (Å²) >= 11 is 3.22. The molecule has 0 saturated carbocycles. The van der Waals surface area contributed by atoms with Gasteiger partial charge in [-0.15, -0.1) is 0 Å². The van der Waals surface area contributed by atoms with E-state index in [1.54, 1.807) is 32.9 Å². The molecule has 0 fully saturated rings. The molecule has 0 aliphatic heterocycles. The Kier molecular flexibility index (Phi) is 7.75. The van der Waals surface area contributed by atoms with E-state index in [4.69, 9.17) is 9.84 Å². The van der Waals surface area contributed by atoms with Crippen LogP contribution in [-0.4, -0.2) is 49.7 Å². The van der Waals surface area contributed by atoms with Crippen LogP contribution in [0.5, 0.6) is 0 Å². The van der Waals surface area contributed by atoms with Crippen LogP contribution >= 0.6 is 15.9 Å². The molecule has 0 spiro atoms. The predicted molar refractivity (Wildman–Crippen MR) is 99.2 cm³/mol. The van der Waals surface area contributed by atoms with Crippen molar-refractivity contribution in [2.24, 2.45) is 0 Å². The van der Waals surface area contributed by atoms with Crippen LogP contribution < -0.4 is 10.0 Å². The molecule has 1 aromatic rings. The highest BCUT2D eigenvalue weighted by Crippen LogP contribution is 2.15. The molecule has 8 nitrogen and oxygen atoms in total. The number of carboxylic acid groups (broad SMARTS) is 1. The number of carbonyl (C=O) groups excluding carboxylic acids is 1. The second-order valence-corrected chi connectivity index (χ2v) is 9.25.